The highest BCUT2D eigenvalue weighted by Gasteiger charge is 2.22. The molecule has 0 saturated carbocycles. The SMILES string of the molecule is O=C(CCc1ccc2c(c1)OCO2)N1CCN(c2ccccc2O)CC1. The molecule has 1 fully saturated rings. The van der Waals surface area contributed by atoms with Crippen LogP contribution in [0.1, 0.15) is 12.0 Å². The van der Waals surface area contributed by atoms with Crippen LogP contribution < -0.4 is 14.4 Å². The largest absolute Gasteiger partial charge is 0.506 e. The van der Waals surface area contributed by atoms with Crippen molar-refractivity contribution >= 4 is 11.6 Å². The second-order valence-electron chi connectivity index (χ2n) is 6.54. The first-order valence-electron chi connectivity index (χ1n) is 8.90. The molecule has 6 nitrogen and oxygen atoms in total. The standard InChI is InChI=1S/C20H22N2O4/c23-17-4-2-1-3-16(17)21-9-11-22(12-10-21)20(24)8-6-15-5-7-18-19(13-15)26-14-25-18/h1-5,7,13,23H,6,8-12,14H2. The first-order chi connectivity index (χ1) is 12.7. The van der Waals surface area contributed by atoms with Crippen molar-refractivity contribution in [2.75, 3.05) is 37.9 Å². The topological polar surface area (TPSA) is 62.2 Å². The molecule has 0 aromatic heterocycles. The molecule has 6 heteroatoms. The van der Waals surface area contributed by atoms with Gasteiger partial charge in [-0.3, -0.25) is 4.79 Å². The summed E-state index contributed by atoms with van der Waals surface area (Å²) in [7, 11) is 0. The van der Waals surface area contributed by atoms with Crippen molar-refractivity contribution in [3.63, 3.8) is 0 Å². The van der Waals surface area contributed by atoms with E-state index in [1.807, 2.05) is 41.3 Å². The fourth-order valence-electron chi connectivity index (χ4n) is 3.43. The summed E-state index contributed by atoms with van der Waals surface area (Å²) >= 11 is 0. The molecule has 2 aliphatic heterocycles. The summed E-state index contributed by atoms with van der Waals surface area (Å²) in [6.45, 7) is 3.07. The number of hydrogen-bond donors (Lipinski definition) is 1. The van der Waals surface area contributed by atoms with E-state index in [0.29, 0.717) is 25.9 Å². The van der Waals surface area contributed by atoms with Gasteiger partial charge in [-0.1, -0.05) is 18.2 Å². The molecule has 2 aromatic rings. The van der Waals surface area contributed by atoms with Gasteiger partial charge in [-0.25, -0.2) is 0 Å². The van der Waals surface area contributed by atoms with Crippen LogP contribution in [0.25, 0.3) is 0 Å². The van der Waals surface area contributed by atoms with Gasteiger partial charge in [0.05, 0.1) is 5.69 Å². The van der Waals surface area contributed by atoms with Crippen LogP contribution >= 0.6 is 0 Å². The van der Waals surface area contributed by atoms with E-state index in [-0.39, 0.29) is 18.4 Å². The Balaban J connectivity index is 1.29. The highest BCUT2D eigenvalue weighted by atomic mass is 16.7. The number of phenolic OH excluding ortho intramolecular Hbond substituents is 1. The second kappa shape index (κ2) is 7.15. The van der Waals surface area contributed by atoms with Crippen LogP contribution in [0.4, 0.5) is 5.69 Å². The maximum Gasteiger partial charge on any atom is 0.231 e. The third kappa shape index (κ3) is 3.40. The van der Waals surface area contributed by atoms with Crippen LogP contribution in [0, 0.1) is 0 Å². The maximum absolute atomic E-state index is 12.5. The number of anilines is 1. The van der Waals surface area contributed by atoms with Crippen LogP contribution in [0.5, 0.6) is 17.2 Å². The molecular weight excluding hydrogens is 332 g/mol. The van der Waals surface area contributed by atoms with Crippen LogP contribution in [0.3, 0.4) is 0 Å². The van der Waals surface area contributed by atoms with Gasteiger partial charge in [0.15, 0.2) is 11.5 Å². The van der Waals surface area contributed by atoms with Crippen LogP contribution in [-0.4, -0.2) is 48.9 Å². The summed E-state index contributed by atoms with van der Waals surface area (Å²) in [6.07, 6.45) is 1.17. The zero-order chi connectivity index (χ0) is 17.9. The molecule has 2 heterocycles. The first kappa shape index (κ1) is 16.6. The van der Waals surface area contributed by atoms with Crippen molar-refractivity contribution in [3.05, 3.63) is 48.0 Å². The van der Waals surface area contributed by atoms with E-state index >= 15 is 0 Å². The summed E-state index contributed by atoms with van der Waals surface area (Å²) < 4.78 is 10.7. The number of carbonyl (C=O) groups is 1. The van der Waals surface area contributed by atoms with E-state index in [9.17, 15) is 9.90 Å². The Kier molecular flexibility index (Phi) is 4.56. The number of aryl methyl sites for hydroxylation is 1. The molecule has 0 radical (unpaired) electrons. The minimum absolute atomic E-state index is 0.166. The zero-order valence-electron chi connectivity index (χ0n) is 14.6. The van der Waals surface area contributed by atoms with Gasteiger partial charge in [0, 0.05) is 32.6 Å². The lowest BCUT2D eigenvalue weighted by molar-refractivity contribution is -0.131. The first-order valence-corrected chi connectivity index (χ1v) is 8.90. The number of phenols is 1. The number of hydrogen-bond acceptors (Lipinski definition) is 5. The smallest absolute Gasteiger partial charge is 0.231 e. The quantitative estimate of drug-likeness (QED) is 0.914. The van der Waals surface area contributed by atoms with E-state index in [1.54, 1.807) is 6.07 Å². The number of para-hydroxylation sites is 2. The molecule has 2 aromatic carbocycles. The van der Waals surface area contributed by atoms with Crippen molar-refractivity contribution in [3.8, 4) is 17.2 Å². The van der Waals surface area contributed by atoms with E-state index in [0.717, 1.165) is 35.8 Å². The van der Waals surface area contributed by atoms with E-state index in [1.165, 1.54) is 0 Å². The molecule has 1 saturated heterocycles. The van der Waals surface area contributed by atoms with Gasteiger partial charge in [-0.15, -0.1) is 0 Å². The Morgan fingerprint density at radius 1 is 1.00 bits per heavy atom. The fourth-order valence-corrected chi connectivity index (χ4v) is 3.43. The minimum Gasteiger partial charge on any atom is -0.506 e. The summed E-state index contributed by atoms with van der Waals surface area (Å²) in [6, 6.07) is 13.2. The third-order valence-corrected chi connectivity index (χ3v) is 4.92. The van der Waals surface area contributed by atoms with Crippen molar-refractivity contribution in [2.45, 2.75) is 12.8 Å². The van der Waals surface area contributed by atoms with E-state index in [2.05, 4.69) is 4.90 Å². The summed E-state index contributed by atoms with van der Waals surface area (Å²) in [5.41, 5.74) is 1.91. The van der Waals surface area contributed by atoms with Gasteiger partial charge < -0.3 is 24.4 Å². The summed E-state index contributed by atoms with van der Waals surface area (Å²) in [5, 5.41) is 9.97. The highest BCUT2D eigenvalue weighted by Crippen LogP contribution is 2.33. The molecule has 4 rings (SSSR count). The third-order valence-electron chi connectivity index (χ3n) is 4.92. The molecule has 0 unspecified atom stereocenters. The predicted molar refractivity (Wildman–Crippen MR) is 97.8 cm³/mol. The molecule has 1 amide bonds. The summed E-state index contributed by atoms with van der Waals surface area (Å²) in [4.78, 5) is 16.5. The zero-order valence-corrected chi connectivity index (χ0v) is 14.6. The monoisotopic (exact) mass is 354 g/mol. The lowest BCUT2D eigenvalue weighted by atomic mass is 10.1. The van der Waals surface area contributed by atoms with Gasteiger partial charge in [0.25, 0.3) is 0 Å². The van der Waals surface area contributed by atoms with Gasteiger partial charge in [0.2, 0.25) is 12.7 Å². The Morgan fingerprint density at radius 3 is 2.58 bits per heavy atom. The number of aromatic hydroxyl groups is 1. The normalized spacial score (nSPS) is 16.0. The lowest BCUT2D eigenvalue weighted by Gasteiger charge is -2.36. The molecule has 136 valence electrons. The number of ether oxygens (including phenoxy) is 2. The Bertz CT molecular complexity index is 800. The van der Waals surface area contributed by atoms with Gasteiger partial charge in [-0.2, -0.15) is 0 Å². The number of benzene rings is 2. The van der Waals surface area contributed by atoms with Crippen molar-refractivity contribution in [1.29, 1.82) is 0 Å². The molecule has 0 bridgehead atoms. The lowest BCUT2D eigenvalue weighted by Crippen LogP contribution is -2.48. The molecule has 0 aliphatic carbocycles. The van der Waals surface area contributed by atoms with Crippen LogP contribution in [0.2, 0.25) is 0 Å². The molecule has 26 heavy (non-hydrogen) atoms. The average molecular weight is 354 g/mol. The van der Waals surface area contributed by atoms with Crippen molar-refractivity contribution < 1.29 is 19.4 Å². The number of fused-ring (bicyclic) bond motifs is 1. The number of carbonyl (C=O) groups excluding carboxylic acids is 1. The summed E-state index contributed by atoms with van der Waals surface area (Å²) in [5.74, 6) is 1.97. The van der Waals surface area contributed by atoms with Crippen molar-refractivity contribution in [1.82, 2.24) is 4.90 Å². The Morgan fingerprint density at radius 2 is 1.77 bits per heavy atom. The molecule has 0 spiro atoms. The van der Waals surface area contributed by atoms with E-state index in [4.69, 9.17) is 9.47 Å². The fraction of sp³-hybridized carbons (Fsp3) is 0.350. The van der Waals surface area contributed by atoms with Gasteiger partial charge >= 0.3 is 0 Å². The number of piperazine rings is 1. The molecule has 1 N–H and O–H groups in total. The van der Waals surface area contributed by atoms with Crippen LogP contribution in [-0.2, 0) is 11.2 Å². The number of nitrogens with zero attached hydrogens (tertiary/aromatic N) is 2. The molecular formula is C20H22N2O4. The average Bonchev–Trinajstić information content (AvgIpc) is 3.14. The number of amides is 1. The van der Waals surface area contributed by atoms with Crippen molar-refractivity contribution in [2.24, 2.45) is 0 Å². The van der Waals surface area contributed by atoms with Gasteiger partial charge in [-0.05, 0) is 36.2 Å². The predicted octanol–water partition coefficient (Wildman–Crippen LogP) is 2.40. The number of rotatable bonds is 4. The Labute approximate surface area is 152 Å². The minimum atomic E-state index is 0.166. The van der Waals surface area contributed by atoms with Gasteiger partial charge in [0.1, 0.15) is 5.75 Å². The highest BCUT2D eigenvalue weighted by molar-refractivity contribution is 5.77. The molecule has 2 aliphatic rings. The maximum atomic E-state index is 12.5. The van der Waals surface area contributed by atoms with E-state index < -0.39 is 0 Å². The second-order valence-corrected chi connectivity index (χ2v) is 6.54. The Hall–Kier alpha value is -2.89. The van der Waals surface area contributed by atoms with Crippen LogP contribution in [0.15, 0.2) is 42.5 Å². The molecule has 0 atom stereocenters.